The van der Waals surface area contributed by atoms with Crippen LogP contribution in [0.4, 0.5) is 0 Å². The van der Waals surface area contributed by atoms with Crippen molar-refractivity contribution in [2.24, 2.45) is 5.73 Å². The molecule has 0 aromatic rings. The molecule has 0 aliphatic carbocycles. The fourth-order valence-corrected chi connectivity index (χ4v) is 1.39. The molecule has 0 aromatic carbocycles. The first kappa shape index (κ1) is 8.97. The van der Waals surface area contributed by atoms with Gasteiger partial charge < -0.3 is 15.8 Å². The van der Waals surface area contributed by atoms with Gasteiger partial charge in [-0.25, -0.2) is 0 Å². The summed E-state index contributed by atoms with van der Waals surface area (Å²) in [5.41, 5.74) is 5.34. The number of nitrogens with two attached hydrogens (primary N) is 1. The predicted molar refractivity (Wildman–Crippen MR) is 45.5 cm³/mol. The number of rotatable bonds is 3. The van der Waals surface area contributed by atoms with Gasteiger partial charge >= 0.3 is 0 Å². The van der Waals surface area contributed by atoms with Crippen LogP contribution in [0.3, 0.4) is 0 Å². The highest BCUT2D eigenvalue weighted by molar-refractivity contribution is 4.66. The van der Waals surface area contributed by atoms with Crippen LogP contribution in [0.15, 0.2) is 0 Å². The second-order valence-corrected chi connectivity index (χ2v) is 2.96. The lowest BCUT2D eigenvalue weighted by atomic mass is 10.2. The van der Waals surface area contributed by atoms with Crippen molar-refractivity contribution in [3.63, 3.8) is 0 Å². The minimum absolute atomic E-state index is 0.452. The summed E-state index contributed by atoms with van der Waals surface area (Å²) in [6, 6.07) is 0. The van der Waals surface area contributed by atoms with Crippen molar-refractivity contribution in [1.82, 2.24) is 5.32 Å². The highest BCUT2D eigenvalue weighted by Crippen LogP contribution is 2.08. The topological polar surface area (TPSA) is 47.3 Å². The van der Waals surface area contributed by atoms with Gasteiger partial charge in [-0.2, -0.15) is 0 Å². The Labute approximate surface area is 68.3 Å². The minimum atomic E-state index is 0.452. The molecule has 1 rings (SSSR count). The van der Waals surface area contributed by atoms with Crippen molar-refractivity contribution < 1.29 is 4.74 Å². The van der Waals surface area contributed by atoms with Crippen molar-refractivity contribution >= 4 is 0 Å². The van der Waals surface area contributed by atoms with Gasteiger partial charge in [-0.05, 0) is 32.4 Å². The zero-order valence-corrected chi connectivity index (χ0v) is 7.01. The molecule has 0 aromatic heterocycles. The molecule has 11 heavy (non-hydrogen) atoms. The summed E-state index contributed by atoms with van der Waals surface area (Å²) in [6.45, 7) is 3.59. The molecule has 3 nitrogen and oxygen atoms in total. The Kier molecular flexibility index (Phi) is 4.50. The van der Waals surface area contributed by atoms with Crippen LogP contribution >= 0.6 is 0 Å². The predicted octanol–water partition coefficient (Wildman–Crippen LogP) is 0.104. The van der Waals surface area contributed by atoms with Gasteiger partial charge in [-0.15, -0.1) is 0 Å². The molecule has 0 spiro atoms. The van der Waals surface area contributed by atoms with Crippen molar-refractivity contribution in [2.45, 2.75) is 25.4 Å². The van der Waals surface area contributed by atoms with E-state index in [0.29, 0.717) is 19.3 Å². The molecular formula is C8H18N2O. The van der Waals surface area contributed by atoms with Crippen LogP contribution in [-0.4, -0.2) is 32.3 Å². The Morgan fingerprint density at radius 2 is 2.27 bits per heavy atom. The Morgan fingerprint density at radius 3 is 3.09 bits per heavy atom. The maximum Gasteiger partial charge on any atom is 0.0592 e. The highest BCUT2D eigenvalue weighted by Gasteiger charge is 2.10. The minimum Gasteiger partial charge on any atom is -0.377 e. The summed E-state index contributed by atoms with van der Waals surface area (Å²) in [5, 5.41) is 3.34. The van der Waals surface area contributed by atoms with E-state index < -0.39 is 0 Å². The lowest BCUT2D eigenvalue weighted by Gasteiger charge is -2.13. The van der Waals surface area contributed by atoms with Crippen LogP contribution in [0.25, 0.3) is 0 Å². The normalized spacial score (nSPS) is 26.5. The van der Waals surface area contributed by atoms with Gasteiger partial charge in [0.15, 0.2) is 0 Å². The lowest BCUT2D eigenvalue weighted by molar-refractivity contribution is 0.0508. The van der Waals surface area contributed by atoms with Gasteiger partial charge in [-0.1, -0.05) is 0 Å². The molecule has 3 heteroatoms. The van der Waals surface area contributed by atoms with E-state index in [0.717, 1.165) is 19.5 Å². The number of nitrogens with one attached hydrogen (secondary N) is 1. The molecular weight excluding hydrogens is 140 g/mol. The average molecular weight is 158 g/mol. The molecule has 1 aliphatic heterocycles. The molecule has 1 atom stereocenters. The van der Waals surface area contributed by atoms with E-state index in [9.17, 15) is 0 Å². The maximum atomic E-state index is 5.55. The first-order valence-corrected chi connectivity index (χ1v) is 4.46. The lowest BCUT2D eigenvalue weighted by Crippen LogP contribution is -2.20. The Morgan fingerprint density at radius 1 is 1.36 bits per heavy atom. The smallest absolute Gasteiger partial charge is 0.0592 e. The molecule has 1 saturated heterocycles. The third kappa shape index (κ3) is 3.70. The molecule has 0 amide bonds. The standard InChI is InChI=1S/C8H18N2O/c9-4-7-11-8-2-1-5-10-6-3-8/h8,10H,1-7,9H2/t8-/m1/s1. The van der Waals surface area contributed by atoms with Crippen molar-refractivity contribution in [1.29, 1.82) is 0 Å². The van der Waals surface area contributed by atoms with E-state index in [2.05, 4.69) is 5.32 Å². The van der Waals surface area contributed by atoms with Crippen molar-refractivity contribution in [3.8, 4) is 0 Å². The molecule has 0 saturated carbocycles. The van der Waals surface area contributed by atoms with E-state index in [1.54, 1.807) is 0 Å². The quantitative estimate of drug-likeness (QED) is 0.612. The van der Waals surface area contributed by atoms with Crippen LogP contribution in [0.1, 0.15) is 19.3 Å². The average Bonchev–Trinajstić information content (AvgIpc) is 2.28. The van der Waals surface area contributed by atoms with Gasteiger partial charge in [-0.3, -0.25) is 0 Å². The second kappa shape index (κ2) is 5.52. The van der Waals surface area contributed by atoms with Crippen LogP contribution < -0.4 is 11.1 Å². The Hall–Kier alpha value is -0.120. The first-order chi connectivity index (χ1) is 5.43. The Balaban J connectivity index is 2.09. The van der Waals surface area contributed by atoms with Crippen molar-refractivity contribution in [2.75, 3.05) is 26.2 Å². The van der Waals surface area contributed by atoms with Gasteiger partial charge in [0.2, 0.25) is 0 Å². The Bertz CT molecular complexity index is 90.1. The highest BCUT2D eigenvalue weighted by atomic mass is 16.5. The van der Waals surface area contributed by atoms with Crippen molar-refractivity contribution in [3.05, 3.63) is 0 Å². The monoisotopic (exact) mass is 158 g/mol. The van der Waals surface area contributed by atoms with Gasteiger partial charge in [0.25, 0.3) is 0 Å². The zero-order valence-electron chi connectivity index (χ0n) is 7.01. The summed E-state index contributed by atoms with van der Waals surface area (Å²) in [7, 11) is 0. The fraction of sp³-hybridized carbons (Fsp3) is 1.00. The summed E-state index contributed by atoms with van der Waals surface area (Å²) >= 11 is 0. The molecule has 0 radical (unpaired) electrons. The first-order valence-electron chi connectivity index (χ1n) is 4.46. The summed E-state index contributed by atoms with van der Waals surface area (Å²) in [4.78, 5) is 0. The maximum absolute atomic E-state index is 5.55. The van der Waals surface area contributed by atoms with Gasteiger partial charge in [0.1, 0.15) is 0 Å². The molecule has 1 fully saturated rings. The SMILES string of the molecule is NCCO[C@@H]1CCCNCC1. The van der Waals surface area contributed by atoms with E-state index in [1.165, 1.54) is 12.8 Å². The summed E-state index contributed by atoms with van der Waals surface area (Å²) in [5.74, 6) is 0. The molecule has 0 unspecified atom stereocenters. The van der Waals surface area contributed by atoms with E-state index in [4.69, 9.17) is 10.5 Å². The molecule has 3 N–H and O–H groups in total. The van der Waals surface area contributed by atoms with E-state index in [-0.39, 0.29) is 0 Å². The van der Waals surface area contributed by atoms with Crippen LogP contribution in [0.2, 0.25) is 0 Å². The van der Waals surface area contributed by atoms with Gasteiger partial charge in [0, 0.05) is 6.54 Å². The van der Waals surface area contributed by atoms with Gasteiger partial charge in [0.05, 0.1) is 12.7 Å². The largest absolute Gasteiger partial charge is 0.377 e. The summed E-state index contributed by atoms with van der Waals surface area (Å²) in [6.07, 6.45) is 4.01. The molecule has 1 aliphatic rings. The number of hydrogen-bond acceptors (Lipinski definition) is 3. The van der Waals surface area contributed by atoms with Crippen LogP contribution in [0.5, 0.6) is 0 Å². The number of ether oxygens (including phenoxy) is 1. The zero-order chi connectivity index (χ0) is 7.94. The third-order valence-corrected chi connectivity index (χ3v) is 1.99. The second-order valence-electron chi connectivity index (χ2n) is 2.96. The molecule has 1 heterocycles. The van der Waals surface area contributed by atoms with Crippen LogP contribution in [0, 0.1) is 0 Å². The fourth-order valence-electron chi connectivity index (χ4n) is 1.39. The number of hydrogen-bond donors (Lipinski definition) is 2. The summed E-state index contributed by atoms with van der Waals surface area (Å²) < 4.78 is 5.55. The van der Waals surface area contributed by atoms with E-state index in [1.807, 2.05) is 0 Å². The van der Waals surface area contributed by atoms with Crippen LogP contribution in [-0.2, 0) is 4.74 Å². The molecule has 66 valence electrons. The molecule has 0 bridgehead atoms. The van der Waals surface area contributed by atoms with E-state index >= 15 is 0 Å². The third-order valence-electron chi connectivity index (χ3n) is 1.99.